The number of likely N-dealkylation sites (tertiary alicyclic amines) is 1. The lowest BCUT2D eigenvalue weighted by atomic mass is 9.88. The van der Waals surface area contributed by atoms with Crippen molar-refractivity contribution in [3.05, 3.63) is 65.6 Å². The highest BCUT2D eigenvalue weighted by Crippen LogP contribution is 2.36. The average molecular weight is 518 g/mol. The second-order valence-electron chi connectivity index (χ2n) is 9.81. The van der Waals surface area contributed by atoms with E-state index in [1.807, 2.05) is 6.07 Å². The molecule has 5 N–H and O–H groups in total. The largest absolute Gasteiger partial charge is 0.495 e. The minimum absolute atomic E-state index is 0.0262. The van der Waals surface area contributed by atoms with Crippen molar-refractivity contribution in [1.82, 2.24) is 19.9 Å². The fourth-order valence-corrected chi connectivity index (χ4v) is 4.99. The van der Waals surface area contributed by atoms with Crippen LogP contribution in [-0.4, -0.2) is 52.0 Å². The normalized spacial score (nSPS) is 14.7. The summed E-state index contributed by atoms with van der Waals surface area (Å²) < 4.78 is 19.5. The smallest absolute Gasteiger partial charge is 0.250 e. The number of amides is 1. The lowest BCUT2D eigenvalue weighted by Crippen LogP contribution is -2.37. The molecule has 10 heteroatoms. The highest BCUT2D eigenvalue weighted by molar-refractivity contribution is 5.99. The first-order valence-electron chi connectivity index (χ1n) is 12.7. The van der Waals surface area contributed by atoms with Crippen LogP contribution < -0.4 is 21.1 Å². The van der Waals surface area contributed by atoms with Gasteiger partial charge >= 0.3 is 0 Å². The fourth-order valence-electron chi connectivity index (χ4n) is 4.99. The van der Waals surface area contributed by atoms with Crippen LogP contribution >= 0.6 is 0 Å². The molecule has 0 atom stereocenters. The summed E-state index contributed by atoms with van der Waals surface area (Å²) in [6.45, 7) is 6.68. The van der Waals surface area contributed by atoms with Gasteiger partial charge in [0.25, 0.3) is 5.91 Å². The van der Waals surface area contributed by atoms with Crippen LogP contribution in [0.3, 0.4) is 0 Å². The number of piperidine rings is 1. The van der Waals surface area contributed by atoms with E-state index < -0.39 is 11.7 Å². The lowest BCUT2D eigenvalue weighted by molar-refractivity contribution is 0.100. The van der Waals surface area contributed by atoms with Gasteiger partial charge in [-0.15, -0.1) is 0 Å². The molecule has 0 saturated carbocycles. The number of H-pyrrole nitrogens is 1. The predicted molar refractivity (Wildman–Crippen MR) is 146 cm³/mol. The Balaban J connectivity index is 1.41. The molecule has 0 unspecified atom stereocenters. The highest BCUT2D eigenvalue weighted by atomic mass is 19.1. The molecule has 1 saturated heterocycles. The number of anilines is 4. The van der Waals surface area contributed by atoms with E-state index in [0.717, 1.165) is 37.7 Å². The number of hydrogen-bond donors (Lipinski definition) is 4. The van der Waals surface area contributed by atoms with Crippen LogP contribution in [0.2, 0.25) is 0 Å². The second kappa shape index (κ2) is 10.7. The van der Waals surface area contributed by atoms with E-state index in [1.54, 1.807) is 19.4 Å². The first-order valence-corrected chi connectivity index (χ1v) is 12.7. The first-order chi connectivity index (χ1) is 18.3. The van der Waals surface area contributed by atoms with Gasteiger partial charge in [0.15, 0.2) is 0 Å². The van der Waals surface area contributed by atoms with Gasteiger partial charge in [0, 0.05) is 12.2 Å². The number of nitrogens with zero attached hydrogens (tertiary/aromatic N) is 3. The topological polar surface area (TPSA) is 121 Å². The second-order valence-corrected chi connectivity index (χ2v) is 9.81. The van der Waals surface area contributed by atoms with Crippen molar-refractivity contribution >= 4 is 29.0 Å². The van der Waals surface area contributed by atoms with Gasteiger partial charge in [-0.05, 0) is 87.7 Å². The molecule has 0 radical (unpaired) electrons. The van der Waals surface area contributed by atoms with Crippen LogP contribution in [0.25, 0.3) is 11.4 Å². The summed E-state index contributed by atoms with van der Waals surface area (Å²) >= 11 is 0. The molecule has 198 valence electrons. The summed E-state index contributed by atoms with van der Waals surface area (Å²) in [6, 6.07) is 12.4. The third kappa shape index (κ3) is 5.26. The van der Waals surface area contributed by atoms with E-state index >= 15 is 0 Å². The first kappa shape index (κ1) is 25.5. The molecule has 0 bridgehead atoms. The van der Waals surface area contributed by atoms with E-state index in [0.29, 0.717) is 46.6 Å². The van der Waals surface area contributed by atoms with E-state index in [-0.39, 0.29) is 5.56 Å². The van der Waals surface area contributed by atoms with Gasteiger partial charge < -0.3 is 31.0 Å². The Morgan fingerprint density at radius 3 is 2.61 bits per heavy atom. The van der Waals surface area contributed by atoms with Gasteiger partial charge in [-0.25, -0.2) is 9.37 Å². The number of benzene rings is 2. The van der Waals surface area contributed by atoms with Gasteiger partial charge in [-0.2, -0.15) is 4.98 Å². The summed E-state index contributed by atoms with van der Waals surface area (Å²) in [5.74, 6) is 1.34. The molecule has 0 spiro atoms. The summed E-state index contributed by atoms with van der Waals surface area (Å²) in [5, 5.41) is 6.41. The number of methoxy groups -OCH3 is 1. The molecular weight excluding hydrogens is 485 g/mol. The number of halogens is 1. The number of rotatable bonds is 8. The van der Waals surface area contributed by atoms with Crippen LogP contribution in [0.4, 0.5) is 27.5 Å². The molecule has 2 aromatic carbocycles. The van der Waals surface area contributed by atoms with Crippen molar-refractivity contribution < 1.29 is 13.9 Å². The molecule has 1 amide bonds. The standard InChI is InChI=1S/C28H32FN7O2/c1-16(2)36-12-9-17(10-13-36)18-4-6-23(24(14-18)38-3)33-28-34-26-20(8-11-31-26)27(35-28)32-22-7-5-19(29)15-21(22)25(30)37/h4-8,11,14-17H,9-10,12-13H2,1-3H3,(H2,30,37)(H3,31,32,33,34,35). The zero-order chi connectivity index (χ0) is 26.8. The molecule has 2 aromatic rings. The molecule has 5 rings (SSSR count). The Hall–Kier alpha value is -4.18. The SMILES string of the molecule is COc1cc(C2CCN(C(C)C)CC2)ccc1Nc1nc(Nc2ccc(F)cc2C(N)=O)c2ccnc-2[nH]1. The minimum Gasteiger partial charge on any atom is -0.495 e. The highest BCUT2D eigenvalue weighted by Gasteiger charge is 2.23. The predicted octanol–water partition coefficient (Wildman–Crippen LogP) is 5.23. The molecule has 0 aromatic heterocycles. The van der Waals surface area contributed by atoms with Crippen LogP contribution in [-0.2, 0) is 0 Å². The Morgan fingerprint density at radius 2 is 1.89 bits per heavy atom. The van der Waals surface area contributed by atoms with Crippen molar-refractivity contribution in [1.29, 1.82) is 0 Å². The Labute approximate surface area is 221 Å². The summed E-state index contributed by atoms with van der Waals surface area (Å²) in [6.07, 6.45) is 3.89. The van der Waals surface area contributed by atoms with Crippen LogP contribution in [0.1, 0.15) is 48.5 Å². The van der Waals surface area contributed by atoms with Crippen molar-refractivity contribution in [2.24, 2.45) is 5.73 Å². The monoisotopic (exact) mass is 517 g/mol. The average Bonchev–Trinajstić information content (AvgIpc) is 3.39. The lowest BCUT2D eigenvalue weighted by Gasteiger charge is -2.35. The number of nitrogens with one attached hydrogen (secondary N) is 3. The van der Waals surface area contributed by atoms with Crippen molar-refractivity contribution in [3.63, 3.8) is 0 Å². The summed E-state index contributed by atoms with van der Waals surface area (Å²) in [5.41, 5.74) is 8.55. The minimum atomic E-state index is -0.746. The van der Waals surface area contributed by atoms with Crippen molar-refractivity contribution in [2.45, 2.75) is 38.6 Å². The maximum absolute atomic E-state index is 13.7. The molecule has 9 nitrogen and oxygen atoms in total. The number of nitrogens with two attached hydrogens (primary N) is 1. The number of carbonyl (C=O) groups is 1. The third-order valence-electron chi connectivity index (χ3n) is 7.13. The number of ether oxygens (including phenoxy) is 1. The van der Waals surface area contributed by atoms with Crippen LogP contribution in [0.5, 0.6) is 5.75 Å². The van der Waals surface area contributed by atoms with E-state index in [1.165, 1.54) is 17.7 Å². The maximum Gasteiger partial charge on any atom is 0.250 e. The Kier molecular flexibility index (Phi) is 7.15. The summed E-state index contributed by atoms with van der Waals surface area (Å²) in [7, 11) is 1.65. The van der Waals surface area contributed by atoms with E-state index in [2.05, 4.69) is 56.5 Å². The number of hydrogen-bond acceptors (Lipinski definition) is 7. The molecule has 1 fully saturated rings. The fraction of sp³-hybridized carbons (Fsp3) is 0.321. The van der Waals surface area contributed by atoms with E-state index in [4.69, 9.17) is 10.5 Å². The third-order valence-corrected chi connectivity index (χ3v) is 7.13. The van der Waals surface area contributed by atoms with Crippen molar-refractivity contribution in [2.75, 3.05) is 30.8 Å². The number of primary amides is 1. The van der Waals surface area contributed by atoms with Crippen LogP contribution in [0, 0.1) is 5.82 Å². The van der Waals surface area contributed by atoms with Gasteiger partial charge in [-0.3, -0.25) is 4.79 Å². The zero-order valence-electron chi connectivity index (χ0n) is 21.7. The number of fused-ring (bicyclic) bond motifs is 1. The van der Waals surface area contributed by atoms with Crippen LogP contribution in [0.15, 0.2) is 48.7 Å². The molecule has 3 heterocycles. The molecule has 3 aliphatic heterocycles. The zero-order valence-corrected chi connectivity index (χ0v) is 21.7. The summed E-state index contributed by atoms with van der Waals surface area (Å²) in [4.78, 5) is 26.6. The number of aromatic amines is 1. The van der Waals surface area contributed by atoms with Gasteiger partial charge in [0.2, 0.25) is 5.95 Å². The molecule has 0 aliphatic carbocycles. The molecule has 3 aliphatic rings. The Morgan fingerprint density at radius 1 is 1.13 bits per heavy atom. The number of aromatic nitrogens is 3. The quantitative estimate of drug-likeness (QED) is 0.252. The van der Waals surface area contributed by atoms with Gasteiger partial charge in [0.05, 0.1) is 29.6 Å². The van der Waals surface area contributed by atoms with Gasteiger partial charge in [-0.1, -0.05) is 6.07 Å². The molecular formula is C28H32FN7O2. The van der Waals surface area contributed by atoms with Gasteiger partial charge in [0.1, 0.15) is 23.2 Å². The van der Waals surface area contributed by atoms with Crippen molar-refractivity contribution in [3.8, 4) is 17.1 Å². The molecule has 38 heavy (non-hydrogen) atoms. The Bertz CT molecular complexity index is 1410. The number of carbonyl (C=O) groups excluding carboxylic acids is 1. The maximum atomic E-state index is 13.7. The van der Waals surface area contributed by atoms with E-state index in [9.17, 15) is 9.18 Å².